The van der Waals surface area contributed by atoms with Crippen LogP contribution in [0.5, 0.6) is 0 Å². The van der Waals surface area contributed by atoms with E-state index in [-0.39, 0.29) is 12.2 Å². The number of morpholine rings is 1. The van der Waals surface area contributed by atoms with Gasteiger partial charge in [0.05, 0.1) is 12.2 Å². The number of guanidine groups is 1. The lowest BCUT2D eigenvalue weighted by Gasteiger charge is -2.36. The van der Waals surface area contributed by atoms with Crippen LogP contribution in [0.4, 0.5) is 5.82 Å². The van der Waals surface area contributed by atoms with Crippen LogP contribution in [0, 0.1) is 0 Å². The normalized spacial score (nSPS) is 20.7. The molecule has 162 valence electrons. The van der Waals surface area contributed by atoms with Crippen molar-refractivity contribution in [3.05, 3.63) is 54.2 Å². The van der Waals surface area contributed by atoms with Crippen LogP contribution in [0.1, 0.15) is 26.3 Å². The fraction of sp³-hybridized carbons (Fsp3) is 0.478. The zero-order chi connectivity index (χ0) is 21.3. The largest absolute Gasteiger partial charge is 0.372 e. The zero-order valence-electron chi connectivity index (χ0n) is 18.3. The van der Waals surface area contributed by atoms with E-state index in [0.717, 1.165) is 37.0 Å². The van der Waals surface area contributed by atoms with Gasteiger partial charge in [-0.1, -0.05) is 31.2 Å². The minimum atomic E-state index is 0.230. The quantitative estimate of drug-likeness (QED) is 0.400. The van der Waals surface area contributed by atoms with Crippen LogP contribution in [-0.4, -0.2) is 55.1 Å². The molecule has 2 heterocycles. The highest BCUT2D eigenvalue weighted by atomic mass is 32.2. The fourth-order valence-electron chi connectivity index (χ4n) is 3.49. The number of nitrogens with zero attached hydrogens (tertiary/aromatic N) is 3. The Hall–Kier alpha value is -2.25. The predicted octanol–water partition coefficient (Wildman–Crippen LogP) is 3.54. The maximum Gasteiger partial charge on any atom is 0.191 e. The van der Waals surface area contributed by atoms with Crippen molar-refractivity contribution in [3.63, 3.8) is 0 Å². The summed E-state index contributed by atoms with van der Waals surface area (Å²) in [6, 6.07) is 14.7. The van der Waals surface area contributed by atoms with Crippen molar-refractivity contribution in [3.8, 4) is 0 Å². The van der Waals surface area contributed by atoms with E-state index in [9.17, 15) is 0 Å². The molecule has 7 heteroatoms. The first-order valence-corrected chi connectivity index (χ1v) is 11.4. The standard InChI is InChI=1S/C23H33N5OS/c1-17-15-28(16-18(2)29-17)22-11-10-20(13-25-22)14-27-23(24-4)26-12-19(3)30-21-8-6-5-7-9-21/h5-11,13,17-19H,12,14-16H2,1-4H3,(H2,24,26,27). The highest BCUT2D eigenvalue weighted by Crippen LogP contribution is 2.22. The molecule has 1 aliphatic rings. The summed E-state index contributed by atoms with van der Waals surface area (Å²) in [5.41, 5.74) is 1.13. The van der Waals surface area contributed by atoms with E-state index in [4.69, 9.17) is 4.74 Å². The number of benzene rings is 1. The van der Waals surface area contributed by atoms with Crippen molar-refractivity contribution in [2.24, 2.45) is 4.99 Å². The van der Waals surface area contributed by atoms with Crippen LogP contribution in [0.25, 0.3) is 0 Å². The topological polar surface area (TPSA) is 61.8 Å². The summed E-state index contributed by atoms with van der Waals surface area (Å²) in [5.74, 6) is 1.81. The first-order chi connectivity index (χ1) is 14.5. The Morgan fingerprint density at radius 1 is 1.17 bits per heavy atom. The van der Waals surface area contributed by atoms with Gasteiger partial charge in [-0.25, -0.2) is 4.98 Å². The van der Waals surface area contributed by atoms with E-state index in [2.05, 4.69) is 82.7 Å². The van der Waals surface area contributed by atoms with Gasteiger partial charge in [0.1, 0.15) is 5.82 Å². The molecule has 1 fully saturated rings. The maximum atomic E-state index is 5.81. The number of nitrogens with one attached hydrogen (secondary N) is 2. The SMILES string of the molecule is CN=C(NCc1ccc(N2CC(C)OC(C)C2)nc1)NCC(C)Sc1ccccc1. The highest BCUT2D eigenvalue weighted by molar-refractivity contribution is 8.00. The molecule has 1 aromatic carbocycles. The summed E-state index contributed by atoms with van der Waals surface area (Å²) in [6.07, 6.45) is 2.40. The average molecular weight is 428 g/mol. The molecule has 0 radical (unpaired) electrons. The third-order valence-electron chi connectivity index (χ3n) is 4.87. The predicted molar refractivity (Wildman–Crippen MR) is 126 cm³/mol. The van der Waals surface area contributed by atoms with Crippen molar-refractivity contribution < 1.29 is 4.74 Å². The first kappa shape index (κ1) is 22.4. The number of ether oxygens (including phenoxy) is 1. The van der Waals surface area contributed by atoms with E-state index in [1.54, 1.807) is 7.05 Å². The van der Waals surface area contributed by atoms with Gasteiger partial charge in [0.2, 0.25) is 0 Å². The lowest BCUT2D eigenvalue weighted by atomic mass is 10.2. The molecule has 3 rings (SSSR count). The van der Waals surface area contributed by atoms with E-state index in [1.165, 1.54) is 4.90 Å². The number of anilines is 1. The van der Waals surface area contributed by atoms with Crippen LogP contribution in [0.3, 0.4) is 0 Å². The molecule has 2 aromatic rings. The third kappa shape index (κ3) is 6.92. The minimum Gasteiger partial charge on any atom is -0.372 e. The molecule has 2 N–H and O–H groups in total. The highest BCUT2D eigenvalue weighted by Gasteiger charge is 2.22. The van der Waals surface area contributed by atoms with Gasteiger partial charge in [-0.2, -0.15) is 0 Å². The molecule has 0 bridgehead atoms. The van der Waals surface area contributed by atoms with Gasteiger partial charge in [-0.3, -0.25) is 4.99 Å². The maximum absolute atomic E-state index is 5.81. The Balaban J connectivity index is 1.44. The lowest BCUT2D eigenvalue weighted by Crippen LogP contribution is -2.45. The first-order valence-electron chi connectivity index (χ1n) is 10.5. The van der Waals surface area contributed by atoms with Gasteiger partial charge in [-0.05, 0) is 37.6 Å². The molecule has 0 saturated carbocycles. The second kappa shape index (κ2) is 11.2. The lowest BCUT2D eigenvalue weighted by molar-refractivity contribution is -0.00545. The third-order valence-corrected chi connectivity index (χ3v) is 5.99. The molecule has 3 unspecified atom stereocenters. The van der Waals surface area contributed by atoms with Gasteiger partial charge < -0.3 is 20.3 Å². The van der Waals surface area contributed by atoms with Gasteiger partial charge in [-0.15, -0.1) is 11.8 Å². The summed E-state index contributed by atoms with van der Waals surface area (Å²) in [6.45, 7) is 9.72. The van der Waals surface area contributed by atoms with E-state index in [1.807, 2.05) is 24.0 Å². The summed E-state index contributed by atoms with van der Waals surface area (Å²) >= 11 is 1.86. The fourth-order valence-corrected chi connectivity index (χ4v) is 4.44. The van der Waals surface area contributed by atoms with Crippen molar-refractivity contribution in [2.75, 3.05) is 31.6 Å². The van der Waals surface area contributed by atoms with Crippen LogP contribution >= 0.6 is 11.8 Å². The number of rotatable bonds is 7. The van der Waals surface area contributed by atoms with Gasteiger partial charge in [0.15, 0.2) is 5.96 Å². The number of aromatic nitrogens is 1. The summed E-state index contributed by atoms with van der Waals surface area (Å²) in [5, 5.41) is 7.22. The van der Waals surface area contributed by atoms with Crippen LogP contribution in [0.15, 0.2) is 58.5 Å². The Labute approximate surface area is 184 Å². The second-order valence-corrected chi connectivity index (χ2v) is 9.25. The zero-order valence-corrected chi connectivity index (χ0v) is 19.2. The van der Waals surface area contributed by atoms with Crippen LogP contribution < -0.4 is 15.5 Å². The molecular weight excluding hydrogens is 394 g/mol. The van der Waals surface area contributed by atoms with E-state index < -0.39 is 0 Å². The number of hydrogen-bond donors (Lipinski definition) is 2. The van der Waals surface area contributed by atoms with Crippen molar-refractivity contribution in [1.82, 2.24) is 15.6 Å². The van der Waals surface area contributed by atoms with Crippen molar-refractivity contribution in [2.45, 2.75) is 49.7 Å². The number of hydrogen-bond acceptors (Lipinski definition) is 5. The van der Waals surface area contributed by atoms with Crippen molar-refractivity contribution >= 4 is 23.5 Å². The Kier molecular flexibility index (Phi) is 8.39. The van der Waals surface area contributed by atoms with Gasteiger partial charge >= 0.3 is 0 Å². The monoisotopic (exact) mass is 427 g/mol. The van der Waals surface area contributed by atoms with E-state index >= 15 is 0 Å². The van der Waals surface area contributed by atoms with Crippen LogP contribution in [0.2, 0.25) is 0 Å². The van der Waals surface area contributed by atoms with E-state index in [0.29, 0.717) is 11.8 Å². The number of aliphatic imine (C=N–C) groups is 1. The second-order valence-electron chi connectivity index (χ2n) is 7.74. The molecular formula is C23H33N5OS. The molecule has 30 heavy (non-hydrogen) atoms. The molecule has 1 saturated heterocycles. The molecule has 0 aliphatic carbocycles. The summed E-state index contributed by atoms with van der Waals surface area (Å²) in [7, 11) is 1.80. The number of pyridine rings is 1. The molecule has 0 spiro atoms. The summed E-state index contributed by atoms with van der Waals surface area (Å²) in [4.78, 5) is 12.6. The van der Waals surface area contributed by atoms with Gasteiger partial charge in [0, 0.05) is 49.6 Å². The van der Waals surface area contributed by atoms with Crippen LogP contribution in [-0.2, 0) is 11.3 Å². The minimum absolute atomic E-state index is 0.230. The Morgan fingerprint density at radius 3 is 2.53 bits per heavy atom. The molecule has 1 aliphatic heterocycles. The molecule has 0 amide bonds. The smallest absolute Gasteiger partial charge is 0.191 e. The Bertz CT molecular complexity index is 789. The molecule has 3 atom stereocenters. The average Bonchev–Trinajstić information content (AvgIpc) is 2.74. The Morgan fingerprint density at radius 2 is 1.90 bits per heavy atom. The number of thioether (sulfide) groups is 1. The molecule has 1 aromatic heterocycles. The van der Waals surface area contributed by atoms with Crippen molar-refractivity contribution in [1.29, 1.82) is 0 Å². The molecule has 6 nitrogen and oxygen atoms in total. The summed E-state index contributed by atoms with van der Waals surface area (Å²) < 4.78 is 5.81. The van der Waals surface area contributed by atoms with Gasteiger partial charge in [0.25, 0.3) is 0 Å².